The number of amides is 4. The summed E-state index contributed by atoms with van der Waals surface area (Å²) in [7, 11) is 3.33. The summed E-state index contributed by atoms with van der Waals surface area (Å²) in [5.74, 6) is -2.57. The van der Waals surface area contributed by atoms with Crippen molar-refractivity contribution in [3.63, 3.8) is 0 Å². The van der Waals surface area contributed by atoms with Gasteiger partial charge in [-0.2, -0.15) is 15.1 Å². The van der Waals surface area contributed by atoms with Gasteiger partial charge in [-0.25, -0.2) is 18.0 Å². The summed E-state index contributed by atoms with van der Waals surface area (Å²) in [6, 6.07) is 13.0. The summed E-state index contributed by atoms with van der Waals surface area (Å²) in [5.41, 5.74) is 1.88. The van der Waals surface area contributed by atoms with Crippen LogP contribution >= 0.6 is 0 Å². The summed E-state index contributed by atoms with van der Waals surface area (Å²) < 4.78 is 75.4. The highest BCUT2D eigenvalue weighted by molar-refractivity contribution is 6.04. The topological polar surface area (TPSA) is 174 Å². The van der Waals surface area contributed by atoms with Crippen LogP contribution in [0.2, 0.25) is 0 Å². The standard InChI is InChI=1S/C58H66F3N9O8/c1-7-39-44(59)14-9-34-24-38(76-31-75-6)26-42(49(34)39)50-45(60)27-43-53(51(50)61)63-56(64-54(43)69-28-35-10-11-36(29-69)70(35)57(74)78-58(2,3)4)77-37-18-20-67(21-19-37)30-48(72)68-22-16-32(17-23-68)33-8-12-40-46(25-33)66(5)65-52(40)41-13-15-47(71)62-55(41)73/h8-9,12,14,24-27,32,35-37,41H,7,10-11,13,15-23,28-31H2,1-6H3,(H,62,71,73)/t35-,36+,41?. The molecule has 0 aliphatic carbocycles. The summed E-state index contributed by atoms with van der Waals surface area (Å²) >= 11 is 0. The van der Waals surface area contributed by atoms with Gasteiger partial charge < -0.3 is 28.7 Å². The molecule has 2 bridgehead atoms. The van der Waals surface area contributed by atoms with E-state index in [-0.39, 0.29) is 102 Å². The zero-order chi connectivity index (χ0) is 54.7. The lowest BCUT2D eigenvalue weighted by Gasteiger charge is -2.42. The number of anilines is 1. The number of carbonyl (C=O) groups excluding carboxylic acids is 4. The molecule has 5 saturated heterocycles. The monoisotopic (exact) mass is 1070 g/mol. The second kappa shape index (κ2) is 21.3. The first-order valence-corrected chi connectivity index (χ1v) is 27.2. The molecule has 1 unspecified atom stereocenters. The number of ether oxygens (including phenoxy) is 4. The second-order valence-electron chi connectivity index (χ2n) is 22.5. The van der Waals surface area contributed by atoms with Crippen LogP contribution < -0.4 is 19.7 Å². The van der Waals surface area contributed by atoms with E-state index in [2.05, 4.69) is 27.3 Å². The maximum Gasteiger partial charge on any atom is 0.410 e. The number of aryl methyl sites for hydroxylation is 2. The Balaban J connectivity index is 0.810. The van der Waals surface area contributed by atoms with Gasteiger partial charge in [0, 0.05) is 70.6 Å². The number of halogens is 3. The van der Waals surface area contributed by atoms with Gasteiger partial charge in [0.25, 0.3) is 0 Å². The average Bonchev–Trinajstić information content (AvgIpc) is 4.03. The van der Waals surface area contributed by atoms with Crippen molar-refractivity contribution in [3.05, 3.63) is 82.8 Å². The Bertz CT molecular complexity index is 3340. The lowest BCUT2D eigenvalue weighted by molar-refractivity contribution is -0.135. The Morgan fingerprint density at radius 3 is 2.28 bits per heavy atom. The molecule has 0 radical (unpaired) electrons. The van der Waals surface area contributed by atoms with Crippen LogP contribution in [-0.4, -0.2) is 142 Å². The zero-order valence-electron chi connectivity index (χ0n) is 45.0. The fourth-order valence-corrected chi connectivity index (χ4v) is 12.5. The lowest BCUT2D eigenvalue weighted by Crippen LogP contribution is -2.57. The minimum absolute atomic E-state index is 0.0582. The Morgan fingerprint density at radius 2 is 1.59 bits per heavy atom. The van der Waals surface area contributed by atoms with Gasteiger partial charge in [0.2, 0.25) is 17.7 Å². The molecule has 0 saturated carbocycles. The van der Waals surface area contributed by atoms with Crippen LogP contribution in [0.5, 0.6) is 11.8 Å². The maximum atomic E-state index is 17.7. The molecular formula is C58H66F3N9O8. The lowest BCUT2D eigenvalue weighted by atomic mass is 9.87. The zero-order valence-corrected chi connectivity index (χ0v) is 45.0. The van der Waals surface area contributed by atoms with E-state index in [0.717, 1.165) is 29.3 Å². The number of benzene rings is 4. The van der Waals surface area contributed by atoms with E-state index in [1.165, 1.54) is 25.3 Å². The molecule has 78 heavy (non-hydrogen) atoms. The van der Waals surface area contributed by atoms with E-state index in [1.807, 2.05) is 43.7 Å². The van der Waals surface area contributed by atoms with Crippen LogP contribution in [0.4, 0.5) is 23.8 Å². The number of rotatable bonds is 12. The van der Waals surface area contributed by atoms with E-state index >= 15 is 13.2 Å². The maximum absolute atomic E-state index is 17.7. The van der Waals surface area contributed by atoms with Gasteiger partial charge in [0.1, 0.15) is 40.4 Å². The molecule has 5 fully saturated rings. The Morgan fingerprint density at radius 1 is 0.846 bits per heavy atom. The molecule has 4 aromatic carbocycles. The van der Waals surface area contributed by atoms with Crippen LogP contribution in [0.25, 0.3) is 43.7 Å². The van der Waals surface area contributed by atoms with Gasteiger partial charge in [-0.1, -0.05) is 25.1 Å². The summed E-state index contributed by atoms with van der Waals surface area (Å²) in [6.07, 6.45) is 4.29. The summed E-state index contributed by atoms with van der Waals surface area (Å²) in [5, 5.41) is 9.04. The Hall–Kier alpha value is -7.06. The van der Waals surface area contributed by atoms with Gasteiger partial charge in [-0.05, 0) is 136 Å². The first-order chi connectivity index (χ1) is 37.4. The SMILES string of the molecule is CCc1c(F)ccc2cc(OCOC)cc(-c3c(F)cc4c(N5C[C@H]6CC[C@@H](C5)N6C(=O)OC(C)(C)C)nc(OC5CCN(CC(=O)N6CCC(c7ccc8c(C9CCC(=O)NC9=O)nn(C)c8c7)CC6)CC5)nc4c3F)c12. The quantitative estimate of drug-likeness (QED) is 0.0912. The van der Waals surface area contributed by atoms with Gasteiger partial charge >= 0.3 is 12.1 Å². The molecule has 3 atom stereocenters. The number of carbonyl (C=O) groups is 4. The average molecular weight is 1070 g/mol. The molecule has 20 heteroatoms. The van der Waals surface area contributed by atoms with Gasteiger partial charge in [-0.3, -0.25) is 34.2 Å². The van der Waals surface area contributed by atoms with E-state index in [4.69, 9.17) is 29.0 Å². The molecule has 4 amide bonds. The highest BCUT2D eigenvalue weighted by atomic mass is 19.1. The van der Waals surface area contributed by atoms with Crippen molar-refractivity contribution in [3.8, 4) is 22.9 Å². The molecule has 5 aliphatic rings. The van der Waals surface area contributed by atoms with Crippen molar-refractivity contribution in [2.75, 3.05) is 64.6 Å². The number of nitrogens with one attached hydrogen (secondary N) is 1. The highest BCUT2D eigenvalue weighted by Crippen LogP contribution is 2.44. The normalized spacial score (nSPS) is 20.8. The molecule has 2 aromatic heterocycles. The summed E-state index contributed by atoms with van der Waals surface area (Å²) in [4.78, 5) is 69.1. The third kappa shape index (κ3) is 10.3. The van der Waals surface area contributed by atoms with Crippen molar-refractivity contribution >= 4 is 62.2 Å². The minimum Gasteiger partial charge on any atom is -0.468 e. The van der Waals surface area contributed by atoms with E-state index in [1.54, 1.807) is 28.6 Å². The first kappa shape index (κ1) is 53.0. The molecule has 11 rings (SSSR count). The molecule has 6 aromatic rings. The molecule has 1 N–H and O–H groups in total. The number of hydrogen-bond acceptors (Lipinski definition) is 13. The Kier molecular flexibility index (Phi) is 14.5. The molecule has 7 heterocycles. The molecular weight excluding hydrogens is 1010 g/mol. The third-order valence-corrected chi connectivity index (χ3v) is 16.3. The minimum atomic E-state index is -0.974. The number of piperidine rings is 3. The predicted octanol–water partition coefficient (Wildman–Crippen LogP) is 8.66. The largest absolute Gasteiger partial charge is 0.468 e. The van der Waals surface area contributed by atoms with Crippen LogP contribution in [0.1, 0.15) is 108 Å². The van der Waals surface area contributed by atoms with Crippen molar-refractivity contribution in [2.45, 2.75) is 121 Å². The van der Waals surface area contributed by atoms with E-state index < -0.39 is 40.6 Å². The number of imide groups is 1. The first-order valence-electron chi connectivity index (χ1n) is 27.2. The third-order valence-electron chi connectivity index (χ3n) is 16.3. The van der Waals surface area contributed by atoms with Crippen molar-refractivity contribution < 1.29 is 51.3 Å². The van der Waals surface area contributed by atoms with Gasteiger partial charge in [-0.15, -0.1) is 0 Å². The van der Waals surface area contributed by atoms with Crippen LogP contribution in [0.3, 0.4) is 0 Å². The fraction of sp³-hybridized carbons (Fsp3) is 0.500. The number of likely N-dealkylation sites (tertiary alicyclic amines) is 2. The number of methoxy groups -OCH3 is 1. The van der Waals surface area contributed by atoms with E-state index in [9.17, 15) is 19.2 Å². The number of hydrogen-bond donors (Lipinski definition) is 1. The van der Waals surface area contributed by atoms with Gasteiger partial charge in [0.15, 0.2) is 12.6 Å². The highest BCUT2D eigenvalue weighted by Gasteiger charge is 2.45. The predicted molar refractivity (Wildman–Crippen MR) is 286 cm³/mol. The number of piperazine rings is 1. The Labute approximate surface area is 450 Å². The molecule has 5 aliphatic heterocycles. The number of fused-ring (bicyclic) bond motifs is 5. The van der Waals surface area contributed by atoms with Gasteiger partial charge in [0.05, 0.1) is 41.3 Å². The molecule has 17 nitrogen and oxygen atoms in total. The molecule has 412 valence electrons. The van der Waals surface area contributed by atoms with Crippen molar-refractivity contribution in [1.29, 1.82) is 0 Å². The summed E-state index contributed by atoms with van der Waals surface area (Å²) in [6.45, 7) is 10.4. The number of aromatic nitrogens is 4. The van der Waals surface area contributed by atoms with Crippen LogP contribution in [0.15, 0.2) is 48.5 Å². The van der Waals surface area contributed by atoms with Crippen molar-refractivity contribution in [1.82, 2.24) is 39.8 Å². The molecule has 0 spiro atoms. The fourth-order valence-electron chi connectivity index (χ4n) is 12.5. The van der Waals surface area contributed by atoms with Crippen LogP contribution in [0, 0.1) is 17.5 Å². The number of nitrogens with zero attached hydrogens (tertiary/aromatic N) is 8. The van der Waals surface area contributed by atoms with Crippen LogP contribution in [-0.2, 0) is 37.3 Å². The van der Waals surface area contributed by atoms with Crippen molar-refractivity contribution in [2.24, 2.45) is 7.05 Å². The van der Waals surface area contributed by atoms with E-state index in [0.29, 0.717) is 93.4 Å². The second-order valence-corrected chi connectivity index (χ2v) is 22.5. The smallest absolute Gasteiger partial charge is 0.410 e.